The average Bonchev–Trinajstić information content (AvgIpc) is 3.43. The predicted molar refractivity (Wildman–Crippen MR) is 109 cm³/mol. The van der Waals surface area contributed by atoms with Gasteiger partial charge in [-0.05, 0) is 19.1 Å². The molecule has 0 bridgehead atoms. The fourth-order valence-corrected chi connectivity index (χ4v) is 3.08. The number of carbonyl (C=O) groups is 1. The first-order chi connectivity index (χ1) is 15.1. The monoisotopic (exact) mass is 421 g/mol. The van der Waals surface area contributed by atoms with E-state index < -0.39 is 5.97 Å². The van der Waals surface area contributed by atoms with Crippen LogP contribution in [-0.4, -0.2) is 35.5 Å². The number of aromatic nitrogens is 3. The molecule has 9 nitrogen and oxygen atoms in total. The first-order valence-corrected chi connectivity index (χ1v) is 9.35. The lowest BCUT2D eigenvalue weighted by atomic mass is 10.1. The van der Waals surface area contributed by atoms with Crippen molar-refractivity contribution < 1.29 is 27.9 Å². The number of hydrogen-bond acceptors (Lipinski definition) is 9. The van der Waals surface area contributed by atoms with Crippen LogP contribution in [-0.2, 0) is 11.3 Å². The number of esters is 1. The molecule has 2 aromatic heterocycles. The molecule has 31 heavy (non-hydrogen) atoms. The van der Waals surface area contributed by atoms with E-state index in [0.717, 1.165) is 5.56 Å². The minimum atomic E-state index is -0.639. The van der Waals surface area contributed by atoms with E-state index in [2.05, 4.69) is 15.4 Å². The number of methoxy groups -OCH3 is 2. The molecule has 0 saturated heterocycles. The summed E-state index contributed by atoms with van der Waals surface area (Å²) in [6.07, 6.45) is 0. The summed E-state index contributed by atoms with van der Waals surface area (Å²) in [6, 6.07) is 14.5. The topological polar surface area (TPSA) is 110 Å². The zero-order valence-electron chi connectivity index (χ0n) is 17.1. The van der Waals surface area contributed by atoms with Crippen LogP contribution in [0.4, 0.5) is 0 Å². The maximum absolute atomic E-state index is 12.6. The Balaban J connectivity index is 1.54. The lowest BCUT2D eigenvalue weighted by molar-refractivity contribution is 0.0431. The Morgan fingerprint density at radius 3 is 2.35 bits per heavy atom. The third-order valence-corrected chi connectivity index (χ3v) is 4.55. The third-order valence-electron chi connectivity index (χ3n) is 4.55. The number of carbonyl (C=O) groups excluding carboxylic acids is 1. The summed E-state index contributed by atoms with van der Waals surface area (Å²) in [5.41, 5.74) is 2.20. The molecule has 0 radical (unpaired) electrons. The second-order valence-electron chi connectivity index (χ2n) is 6.44. The second kappa shape index (κ2) is 8.70. The Bertz CT molecular complexity index is 1180. The molecule has 0 amide bonds. The smallest absolute Gasteiger partial charge is 0.346 e. The first kappa shape index (κ1) is 20.1. The van der Waals surface area contributed by atoms with Gasteiger partial charge in [-0.15, -0.1) is 10.2 Å². The van der Waals surface area contributed by atoms with E-state index in [9.17, 15) is 4.79 Å². The Morgan fingerprint density at radius 1 is 0.968 bits per heavy atom. The molecule has 2 heterocycles. The van der Waals surface area contributed by atoms with E-state index in [1.54, 1.807) is 25.1 Å². The highest BCUT2D eigenvalue weighted by molar-refractivity contribution is 5.95. The third kappa shape index (κ3) is 3.97. The largest absolute Gasteiger partial charge is 0.496 e. The van der Waals surface area contributed by atoms with Crippen LogP contribution in [0.2, 0.25) is 0 Å². The van der Waals surface area contributed by atoms with Crippen LogP contribution in [0.25, 0.3) is 22.7 Å². The van der Waals surface area contributed by atoms with E-state index in [0.29, 0.717) is 28.5 Å². The van der Waals surface area contributed by atoms with Crippen LogP contribution in [0.15, 0.2) is 57.5 Å². The van der Waals surface area contributed by atoms with Gasteiger partial charge >= 0.3 is 5.97 Å². The van der Waals surface area contributed by atoms with Crippen LogP contribution in [0, 0.1) is 6.92 Å². The summed E-state index contributed by atoms with van der Waals surface area (Å²) in [5, 5.41) is 12.1. The highest BCUT2D eigenvalue weighted by Crippen LogP contribution is 2.33. The Labute approximate surface area is 177 Å². The molecule has 9 heteroatoms. The van der Waals surface area contributed by atoms with Crippen molar-refractivity contribution in [3.63, 3.8) is 0 Å². The predicted octanol–water partition coefficient (Wildman–Crippen LogP) is 4.07. The van der Waals surface area contributed by atoms with Gasteiger partial charge < -0.3 is 23.2 Å². The van der Waals surface area contributed by atoms with E-state index in [-0.39, 0.29) is 24.0 Å². The lowest BCUT2D eigenvalue weighted by Gasteiger charge is -2.11. The summed E-state index contributed by atoms with van der Waals surface area (Å²) in [4.78, 5) is 12.6. The minimum absolute atomic E-state index is 0.122. The fourth-order valence-electron chi connectivity index (χ4n) is 3.08. The van der Waals surface area contributed by atoms with Crippen molar-refractivity contribution in [2.24, 2.45) is 0 Å². The van der Waals surface area contributed by atoms with Gasteiger partial charge in [-0.2, -0.15) is 0 Å². The van der Waals surface area contributed by atoms with Gasteiger partial charge in [0.15, 0.2) is 6.61 Å². The van der Waals surface area contributed by atoms with Gasteiger partial charge in [0.1, 0.15) is 34.1 Å². The van der Waals surface area contributed by atoms with Crippen molar-refractivity contribution in [2.75, 3.05) is 14.2 Å². The maximum atomic E-state index is 12.6. The number of aryl methyl sites for hydroxylation is 1. The summed E-state index contributed by atoms with van der Waals surface area (Å²) in [7, 11) is 2.92. The Hall–Kier alpha value is -4.14. The van der Waals surface area contributed by atoms with Gasteiger partial charge in [0, 0.05) is 5.56 Å². The van der Waals surface area contributed by atoms with Crippen molar-refractivity contribution in [3.05, 3.63) is 65.7 Å². The zero-order valence-corrected chi connectivity index (χ0v) is 17.1. The van der Waals surface area contributed by atoms with Crippen LogP contribution >= 0.6 is 0 Å². The molecule has 0 unspecified atom stereocenters. The Kier molecular flexibility index (Phi) is 5.65. The number of hydrogen-bond donors (Lipinski definition) is 0. The number of nitrogens with zero attached hydrogens (tertiary/aromatic N) is 3. The fraction of sp³-hybridized carbons (Fsp3) is 0.182. The molecule has 0 fully saturated rings. The zero-order chi connectivity index (χ0) is 21.8. The minimum Gasteiger partial charge on any atom is -0.496 e. The molecule has 4 aromatic rings. The van der Waals surface area contributed by atoms with Crippen molar-refractivity contribution in [1.82, 2.24) is 15.4 Å². The summed E-state index contributed by atoms with van der Waals surface area (Å²) in [6.45, 7) is 1.53. The first-order valence-electron chi connectivity index (χ1n) is 9.35. The molecular formula is C22H19N3O6. The van der Waals surface area contributed by atoms with Crippen LogP contribution in [0.3, 0.4) is 0 Å². The standard InChI is InChI=1S/C22H19N3O6/c1-13-18(20(25-31-13)14-8-5-4-6-9-14)21-24-23-17(30-21)12-29-22(26)19-15(27-2)10-7-11-16(19)28-3/h4-11H,12H2,1-3H3. The van der Waals surface area contributed by atoms with E-state index >= 15 is 0 Å². The van der Waals surface area contributed by atoms with E-state index in [1.807, 2.05) is 30.3 Å². The highest BCUT2D eigenvalue weighted by atomic mass is 16.5. The molecule has 0 aliphatic carbocycles. The molecule has 0 aliphatic heterocycles. The summed E-state index contributed by atoms with van der Waals surface area (Å²) >= 11 is 0. The maximum Gasteiger partial charge on any atom is 0.346 e. The molecule has 158 valence electrons. The van der Waals surface area contributed by atoms with Crippen LogP contribution in [0.5, 0.6) is 11.5 Å². The van der Waals surface area contributed by atoms with Crippen LogP contribution < -0.4 is 9.47 Å². The molecule has 0 saturated carbocycles. The molecular weight excluding hydrogens is 402 g/mol. The van der Waals surface area contributed by atoms with Gasteiger partial charge in [0.2, 0.25) is 0 Å². The van der Waals surface area contributed by atoms with Crippen molar-refractivity contribution in [1.29, 1.82) is 0 Å². The van der Waals surface area contributed by atoms with Gasteiger partial charge in [-0.1, -0.05) is 41.6 Å². The van der Waals surface area contributed by atoms with Crippen molar-refractivity contribution in [2.45, 2.75) is 13.5 Å². The molecule has 2 aromatic carbocycles. The van der Waals surface area contributed by atoms with Gasteiger partial charge in [-0.3, -0.25) is 0 Å². The summed E-state index contributed by atoms with van der Waals surface area (Å²) < 4.78 is 26.8. The molecule has 0 N–H and O–H groups in total. The van der Waals surface area contributed by atoms with Gasteiger partial charge in [-0.25, -0.2) is 4.79 Å². The van der Waals surface area contributed by atoms with Crippen LogP contribution in [0.1, 0.15) is 22.0 Å². The summed E-state index contributed by atoms with van der Waals surface area (Å²) in [5.74, 6) is 0.909. The van der Waals surface area contributed by atoms with Gasteiger partial charge in [0.25, 0.3) is 11.8 Å². The van der Waals surface area contributed by atoms with Crippen molar-refractivity contribution in [3.8, 4) is 34.2 Å². The van der Waals surface area contributed by atoms with Crippen molar-refractivity contribution >= 4 is 5.97 Å². The number of benzene rings is 2. The Morgan fingerprint density at radius 2 is 1.68 bits per heavy atom. The lowest BCUT2D eigenvalue weighted by Crippen LogP contribution is -2.09. The quantitative estimate of drug-likeness (QED) is 0.408. The molecule has 4 rings (SSSR count). The SMILES string of the molecule is COc1cccc(OC)c1C(=O)OCc1nnc(-c2c(-c3ccccc3)noc2C)o1. The molecule has 0 atom stereocenters. The van der Waals surface area contributed by atoms with Gasteiger partial charge in [0.05, 0.1) is 14.2 Å². The highest BCUT2D eigenvalue weighted by Gasteiger charge is 2.24. The second-order valence-corrected chi connectivity index (χ2v) is 6.44. The van der Waals surface area contributed by atoms with E-state index in [4.69, 9.17) is 23.2 Å². The molecule has 0 aliphatic rings. The molecule has 0 spiro atoms. The van der Waals surface area contributed by atoms with E-state index in [1.165, 1.54) is 14.2 Å². The normalized spacial score (nSPS) is 10.7. The average molecular weight is 421 g/mol. The number of rotatable bonds is 7. The number of ether oxygens (including phenoxy) is 3.